The zero-order valence-electron chi connectivity index (χ0n) is 11.1. The van der Waals surface area contributed by atoms with E-state index in [0.29, 0.717) is 0 Å². The summed E-state index contributed by atoms with van der Waals surface area (Å²) in [5.74, 6) is -0.530. The molecule has 2 unspecified atom stereocenters. The van der Waals surface area contributed by atoms with Crippen LogP contribution in [0.1, 0.15) is 26.3 Å². The molecule has 0 aromatic heterocycles. The topological polar surface area (TPSA) is 69.6 Å². The number of phenols is 1. The lowest BCUT2D eigenvalue weighted by molar-refractivity contribution is -0.140. The second-order valence-corrected chi connectivity index (χ2v) is 5.00. The maximum atomic E-state index is 11.1. The number of hydrogen-bond donors (Lipinski definition) is 3. The van der Waals surface area contributed by atoms with Crippen LogP contribution in [-0.2, 0) is 11.2 Å². The maximum Gasteiger partial charge on any atom is 0.320 e. The van der Waals surface area contributed by atoms with Gasteiger partial charge < -0.3 is 15.5 Å². The van der Waals surface area contributed by atoms with Crippen LogP contribution in [-0.4, -0.2) is 28.3 Å². The summed E-state index contributed by atoms with van der Waals surface area (Å²) in [6.07, 6.45) is 0.733. The van der Waals surface area contributed by atoms with Crippen molar-refractivity contribution < 1.29 is 15.0 Å². The quantitative estimate of drug-likeness (QED) is 0.723. The molecule has 1 aromatic rings. The fraction of sp³-hybridized carbons (Fsp3) is 0.500. The third kappa shape index (κ3) is 4.37. The molecule has 1 aromatic carbocycles. The molecule has 0 fully saturated rings. The molecule has 0 radical (unpaired) electrons. The Bertz CT molecular complexity index is 387. The zero-order valence-corrected chi connectivity index (χ0v) is 11.1. The minimum absolute atomic E-state index is 0.0461. The second-order valence-electron chi connectivity index (χ2n) is 5.00. The summed E-state index contributed by atoms with van der Waals surface area (Å²) in [5.41, 5.74) is 1.07. The third-order valence-electron chi connectivity index (χ3n) is 2.88. The highest BCUT2D eigenvalue weighted by molar-refractivity contribution is 5.73. The smallest absolute Gasteiger partial charge is 0.320 e. The fourth-order valence-corrected chi connectivity index (χ4v) is 1.90. The molecule has 0 spiro atoms. The monoisotopic (exact) mass is 251 g/mol. The zero-order chi connectivity index (χ0) is 13.7. The van der Waals surface area contributed by atoms with E-state index in [9.17, 15) is 9.90 Å². The fourth-order valence-electron chi connectivity index (χ4n) is 1.90. The normalized spacial score (nSPS) is 14.4. The molecule has 3 N–H and O–H groups in total. The van der Waals surface area contributed by atoms with Gasteiger partial charge in [-0.1, -0.05) is 26.0 Å². The van der Waals surface area contributed by atoms with Crippen molar-refractivity contribution in [2.75, 3.05) is 0 Å². The summed E-state index contributed by atoms with van der Waals surface area (Å²) in [4.78, 5) is 11.1. The third-order valence-corrected chi connectivity index (χ3v) is 2.88. The molecule has 0 heterocycles. The van der Waals surface area contributed by atoms with Gasteiger partial charge in [0.2, 0.25) is 0 Å². The molecular weight excluding hydrogens is 230 g/mol. The highest BCUT2D eigenvalue weighted by Gasteiger charge is 2.22. The number of carboxylic acids is 1. The number of phenolic OH excluding ortho intramolecular Hbond substituents is 1. The Morgan fingerprint density at radius 1 is 1.22 bits per heavy atom. The predicted molar refractivity (Wildman–Crippen MR) is 70.7 cm³/mol. The average Bonchev–Trinajstić information content (AvgIpc) is 2.28. The van der Waals surface area contributed by atoms with Crippen LogP contribution in [0, 0.1) is 5.92 Å². The van der Waals surface area contributed by atoms with E-state index in [0.717, 1.165) is 12.0 Å². The first-order valence-electron chi connectivity index (χ1n) is 6.17. The van der Waals surface area contributed by atoms with Crippen molar-refractivity contribution in [3.63, 3.8) is 0 Å². The van der Waals surface area contributed by atoms with Gasteiger partial charge in [0.05, 0.1) is 0 Å². The van der Waals surface area contributed by atoms with Crippen molar-refractivity contribution in [3.05, 3.63) is 29.8 Å². The highest BCUT2D eigenvalue weighted by Crippen LogP contribution is 2.12. The molecule has 18 heavy (non-hydrogen) atoms. The van der Waals surface area contributed by atoms with Crippen LogP contribution in [0.4, 0.5) is 0 Å². The Labute approximate surface area is 108 Å². The Kier molecular flexibility index (Phi) is 5.16. The number of carboxylic acid groups (broad SMARTS) is 1. The van der Waals surface area contributed by atoms with Gasteiger partial charge in [0.15, 0.2) is 0 Å². The van der Waals surface area contributed by atoms with E-state index >= 15 is 0 Å². The van der Waals surface area contributed by atoms with E-state index in [2.05, 4.69) is 5.32 Å². The first kappa shape index (κ1) is 14.5. The van der Waals surface area contributed by atoms with Gasteiger partial charge in [-0.2, -0.15) is 0 Å². The van der Waals surface area contributed by atoms with Gasteiger partial charge >= 0.3 is 5.97 Å². The van der Waals surface area contributed by atoms with Crippen LogP contribution in [0.15, 0.2) is 24.3 Å². The van der Waals surface area contributed by atoms with E-state index in [1.807, 2.05) is 32.9 Å². The molecule has 100 valence electrons. The van der Waals surface area contributed by atoms with Crippen molar-refractivity contribution in [3.8, 4) is 5.75 Å². The van der Waals surface area contributed by atoms with Crippen LogP contribution in [0.3, 0.4) is 0 Å². The molecule has 0 saturated heterocycles. The molecule has 1 rings (SSSR count). The molecule has 0 aliphatic carbocycles. The van der Waals surface area contributed by atoms with Gasteiger partial charge in [-0.3, -0.25) is 4.79 Å². The van der Waals surface area contributed by atoms with E-state index < -0.39 is 12.0 Å². The van der Waals surface area contributed by atoms with Crippen LogP contribution in [0.25, 0.3) is 0 Å². The van der Waals surface area contributed by atoms with Gasteiger partial charge in [-0.05, 0) is 37.0 Å². The van der Waals surface area contributed by atoms with Gasteiger partial charge in [-0.25, -0.2) is 0 Å². The van der Waals surface area contributed by atoms with Crippen LogP contribution < -0.4 is 5.32 Å². The van der Waals surface area contributed by atoms with Crippen LogP contribution in [0.5, 0.6) is 5.75 Å². The Morgan fingerprint density at radius 2 is 1.78 bits per heavy atom. The number of rotatable bonds is 6. The van der Waals surface area contributed by atoms with E-state index in [1.165, 1.54) is 0 Å². The van der Waals surface area contributed by atoms with Gasteiger partial charge in [0, 0.05) is 6.04 Å². The lowest BCUT2D eigenvalue weighted by atomic mass is 10.0. The molecular formula is C14H21NO3. The molecule has 0 aliphatic rings. The minimum Gasteiger partial charge on any atom is -0.508 e. The van der Waals surface area contributed by atoms with Crippen molar-refractivity contribution in [1.82, 2.24) is 5.32 Å². The first-order chi connectivity index (χ1) is 8.40. The molecule has 0 aliphatic heterocycles. The van der Waals surface area contributed by atoms with Gasteiger partial charge in [-0.15, -0.1) is 0 Å². The molecule has 4 nitrogen and oxygen atoms in total. The molecule has 2 atom stereocenters. The Balaban J connectivity index is 2.57. The standard InChI is InChI=1S/C14H21NO3/c1-9(2)13(14(17)18)15-10(3)8-11-4-6-12(16)7-5-11/h4-7,9-10,13,15-16H,8H2,1-3H3,(H,17,18). The Morgan fingerprint density at radius 3 is 2.22 bits per heavy atom. The first-order valence-corrected chi connectivity index (χ1v) is 6.17. The largest absolute Gasteiger partial charge is 0.508 e. The summed E-state index contributed by atoms with van der Waals surface area (Å²) in [6.45, 7) is 5.74. The van der Waals surface area contributed by atoms with Crippen LogP contribution in [0.2, 0.25) is 0 Å². The van der Waals surface area contributed by atoms with E-state index in [-0.39, 0.29) is 17.7 Å². The number of aliphatic carboxylic acids is 1. The summed E-state index contributed by atoms with van der Waals surface area (Å²) in [7, 11) is 0. The van der Waals surface area contributed by atoms with Crippen LogP contribution >= 0.6 is 0 Å². The lowest BCUT2D eigenvalue weighted by Gasteiger charge is -2.23. The van der Waals surface area contributed by atoms with Gasteiger partial charge in [0.1, 0.15) is 11.8 Å². The lowest BCUT2D eigenvalue weighted by Crippen LogP contribution is -2.46. The summed E-state index contributed by atoms with van der Waals surface area (Å²) >= 11 is 0. The maximum absolute atomic E-state index is 11.1. The highest BCUT2D eigenvalue weighted by atomic mass is 16.4. The van der Waals surface area contributed by atoms with Crippen molar-refractivity contribution in [1.29, 1.82) is 0 Å². The van der Waals surface area contributed by atoms with E-state index in [4.69, 9.17) is 5.11 Å². The molecule has 0 amide bonds. The summed E-state index contributed by atoms with van der Waals surface area (Å²) < 4.78 is 0. The number of aromatic hydroxyl groups is 1. The summed E-state index contributed by atoms with van der Waals surface area (Å²) in [5, 5.41) is 21.4. The van der Waals surface area contributed by atoms with Crippen molar-refractivity contribution in [2.24, 2.45) is 5.92 Å². The molecule has 0 saturated carbocycles. The van der Waals surface area contributed by atoms with Crippen molar-refractivity contribution in [2.45, 2.75) is 39.3 Å². The van der Waals surface area contributed by atoms with E-state index in [1.54, 1.807) is 12.1 Å². The average molecular weight is 251 g/mol. The number of benzene rings is 1. The number of carbonyl (C=O) groups is 1. The van der Waals surface area contributed by atoms with Crippen molar-refractivity contribution >= 4 is 5.97 Å². The second kappa shape index (κ2) is 6.40. The molecule has 0 bridgehead atoms. The Hall–Kier alpha value is -1.55. The number of hydrogen-bond acceptors (Lipinski definition) is 3. The predicted octanol–water partition coefficient (Wildman–Crippen LogP) is 2.02. The van der Waals surface area contributed by atoms with Gasteiger partial charge in [0.25, 0.3) is 0 Å². The summed E-state index contributed by atoms with van der Waals surface area (Å²) in [6, 6.07) is 6.51. The molecule has 4 heteroatoms. The SMILES string of the molecule is CC(Cc1ccc(O)cc1)NC(C(=O)O)C(C)C. The minimum atomic E-state index is -0.817. The number of nitrogens with one attached hydrogen (secondary N) is 1.